The van der Waals surface area contributed by atoms with Gasteiger partial charge in [-0.1, -0.05) is 74.0 Å². The van der Waals surface area contributed by atoms with Gasteiger partial charge in [-0.15, -0.1) is 0 Å². The zero-order valence-electron chi connectivity index (χ0n) is 25.1. The van der Waals surface area contributed by atoms with Gasteiger partial charge in [-0.2, -0.15) is 0 Å². The Morgan fingerprint density at radius 3 is 2.44 bits per heavy atom. The van der Waals surface area contributed by atoms with E-state index >= 15 is 0 Å². The lowest BCUT2D eigenvalue weighted by Crippen LogP contribution is -2.47. The maximum absolute atomic E-state index is 14.1. The normalized spacial score (nSPS) is 15.6. The van der Waals surface area contributed by atoms with Crippen LogP contribution in [0.1, 0.15) is 47.7 Å². The van der Waals surface area contributed by atoms with E-state index in [0.29, 0.717) is 38.4 Å². The van der Waals surface area contributed by atoms with Gasteiger partial charge in [0.15, 0.2) is 5.76 Å². The number of hydrogen-bond donors (Lipinski definition) is 1. The van der Waals surface area contributed by atoms with Gasteiger partial charge in [0, 0.05) is 18.6 Å². The summed E-state index contributed by atoms with van der Waals surface area (Å²) >= 11 is 0. The monoisotopic (exact) mass is 591 g/mol. The predicted octanol–water partition coefficient (Wildman–Crippen LogP) is 5.26. The third kappa shape index (κ3) is 8.40. The van der Waals surface area contributed by atoms with Crippen LogP contribution in [0, 0.1) is 18.8 Å². The molecule has 230 valence electrons. The molecule has 1 saturated heterocycles. The van der Waals surface area contributed by atoms with Crippen molar-refractivity contribution in [2.45, 2.75) is 46.1 Å². The molecule has 1 aromatic heterocycles. The fraction of sp³-hybridized carbons (Fsp3) is 0.441. The molecule has 2 heterocycles. The van der Waals surface area contributed by atoms with Crippen molar-refractivity contribution in [3.63, 3.8) is 0 Å². The number of ketones is 1. The number of nitrogens with zero attached hydrogens (tertiary/aromatic N) is 1. The van der Waals surface area contributed by atoms with Crippen molar-refractivity contribution >= 4 is 17.8 Å². The number of Topliss-reactive ketones (excluding diaryl/α,β-unsaturated/α-hetero) is 1. The molecule has 1 N–H and O–H groups in total. The number of carbonyl (C=O) groups is 3. The number of cyclic esters (lactones) is 1. The minimum atomic E-state index is -1.17. The Bertz CT molecular complexity index is 1370. The minimum absolute atomic E-state index is 0.0283. The van der Waals surface area contributed by atoms with Crippen molar-refractivity contribution in [3.05, 3.63) is 83.3 Å². The molecule has 2 aromatic carbocycles. The summed E-state index contributed by atoms with van der Waals surface area (Å²) < 4.78 is 22.3. The van der Waals surface area contributed by atoms with E-state index in [4.69, 9.17) is 23.7 Å². The molecule has 1 fully saturated rings. The zero-order valence-corrected chi connectivity index (χ0v) is 25.1. The molecule has 9 heteroatoms. The van der Waals surface area contributed by atoms with Crippen LogP contribution in [0.4, 0.5) is 4.79 Å². The van der Waals surface area contributed by atoms with Crippen molar-refractivity contribution in [1.82, 2.24) is 4.90 Å². The highest BCUT2D eigenvalue weighted by atomic mass is 16.6. The van der Waals surface area contributed by atoms with Gasteiger partial charge >= 0.3 is 6.09 Å². The fourth-order valence-corrected chi connectivity index (χ4v) is 5.18. The lowest BCUT2D eigenvalue weighted by Gasteiger charge is -2.26. The van der Waals surface area contributed by atoms with Crippen LogP contribution in [0.5, 0.6) is 0 Å². The lowest BCUT2D eigenvalue weighted by atomic mass is 9.91. The summed E-state index contributed by atoms with van der Waals surface area (Å²) in [6.45, 7) is 7.45. The molecule has 1 aliphatic heterocycles. The van der Waals surface area contributed by atoms with Gasteiger partial charge in [-0.05, 0) is 42.9 Å². The first kappa shape index (κ1) is 32.1. The van der Waals surface area contributed by atoms with Gasteiger partial charge in [0.2, 0.25) is 11.7 Å². The Labute approximate surface area is 252 Å². The zero-order chi connectivity index (χ0) is 30.8. The van der Waals surface area contributed by atoms with Gasteiger partial charge in [-0.3, -0.25) is 9.59 Å². The Hall–Kier alpha value is -3.79. The molecule has 3 aromatic rings. The molecule has 0 saturated carbocycles. The number of aliphatic hydroxyl groups excluding tert-OH is 1. The van der Waals surface area contributed by atoms with E-state index in [1.807, 2.05) is 75.4 Å². The maximum atomic E-state index is 14.1. The van der Waals surface area contributed by atoms with Crippen molar-refractivity contribution in [2.75, 3.05) is 39.6 Å². The molecule has 0 spiro atoms. The first-order valence-corrected chi connectivity index (χ1v) is 14.8. The summed E-state index contributed by atoms with van der Waals surface area (Å²) in [5.74, 6) is -1.56. The number of ether oxygens (including phenoxy) is 3. The first-order valence-electron chi connectivity index (χ1n) is 14.8. The predicted molar refractivity (Wildman–Crippen MR) is 161 cm³/mol. The van der Waals surface area contributed by atoms with E-state index in [1.54, 1.807) is 6.07 Å². The molecule has 9 nitrogen and oxygen atoms in total. The van der Waals surface area contributed by atoms with Crippen LogP contribution in [0.3, 0.4) is 0 Å². The minimum Gasteiger partial charge on any atom is -0.457 e. The molecule has 1 aliphatic rings. The average molecular weight is 592 g/mol. The van der Waals surface area contributed by atoms with E-state index in [-0.39, 0.29) is 37.9 Å². The van der Waals surface area contributed by atoms with Crippen molar-refractivity contribution in [3.8, 4) is 11.1 Å². The van der Waals surface area contributed by atoms with Crippen molar-refractivity contribution in [1.29, 1.82) is 0 Å². The van der Waals surface area contributed by atoms with Crippen LogP contribution in [-0.2, 0) is 31.8 Å². The second-order valence-corrected chi connectivity index (χ2v) is 11.1. The van der Waals surface area contributed by atoms with Crippen LogP contribution in [-0.4, -0.2) is 73.5 Å². The number of hydrogen-bond acceptors (Lipinski definition) is 8. The first-order chi connectivity index (χ1) is 20.8. The number of benzene rings is 2. The molecular weight excluding hydrogens is 550 g/mol. The Morgan fingerprint density at radius 2 is 1.74 bits per heavy atom. The SMILES string of the molecule is Cc1cccc(-c2cc(C(=O)[C@H](Cc3ccccc3)C(=O)N3C(=O)OC[C@@H]3C(C)C)oc2CCCOCCOCCO)c1. The molecule has 2 atom stereocenters. The molecule has 4 rings (SSSR count). The summed E-state index contributed by atoms with van der Waals surface area (Å²) in [6.07, 6.45) is 0.549. The summed E-state index contributed by atoms with van der Waals surface area (Å²) in [5, 5.41) is 8.81. The van der Waals surface area contributed by atoms with E-state index in [9.17, 15) is 14.4 Å². The fourth-order valence-electron chi connectivity index (χ4n) is 5.18. The van der Waals surface area contributed by atoms with Gasteiger partial charge in [0.1, 0.15) is 18.3 Å². The second-order valence-electron chi connectivity index (χ2n) is 11.1. The Balaban J connectivity index is 1.61. The molecule has 43 heavy (non-hydrogen) atoms. The molecule has 0 aliphatic carbocycles. The van der Waals surface area contributed by atoms with Crippen LogP contribution in [0.25, 0.3) is 11.1 Å². The number of aryl methyl sites for hydroxylation is 2. The average Bonchev–Trinajstić information content (AvgIpc) is 3.61. The highest BCUT2D eigenvalue weighted by Crippen LogP contribution is 2.32. The summed E-state index contributed by atoms with van der Waals surface area (Å²) in [5.41, 5.74) is 3.55. The largest absolute Gasteiger partial charge is 0.457 e. The highest BCUT2D eigenvalue weighted by Gasteiger charge is 2.44. The smallest absolute Gasteiger partial charge is 0.417 e. The number of amides is 2. The summed E-state index contributed by atoms with van der Waals surface area (Å²) in [6, 6.07) is 18.5. The highest BCUT2D eigenvalue weighted by molar-refractivity contribution is 6.12. The van der Waals surface area contributed by atoms with Gasteiger partial charge in [-0.25, -0.2) is 9.69 Å². The van der Waals surface area contributed by atoms with E-state index in [2.05, 4.69) is 0 Å². The Morgan fingerprint density at radius 1 is 1.00 bits per heavy atom. The maximum Gasteiger partial charge on any atom is 0.417 e. The van der Waals surface area contributed by atoms with Gasteiger partial charge in [0.05, 0.1) is 32.5 Å². The van der Waals surface area contributed by atoms with E-state index < -0.39 is 29.7 Å². The van der Waals surface area contributed by atoms with Crippen molar-refractivity contribution in [2.24, 2.45) is 11.8 Å². The topological polar surface area (TPSA) is 116 Å². The van der Waals surface area contributed by atoms with Crippen LogP contribution < -0.4 is 0 Å². The van der Waals surface area contributed by atoms with E-state index in [1.165, 1.54) is 0 Å². The molecule has 0 radical (unpaired) electrons. The van der Waals surface area contributed by atoms with E-state index in [0.717, 1.165) is 27.2 Å². The third-order valence-electron chi connectivity index (χ3n) is 7.49. The quantitative estimate of drug-likeness (QED) is 0.136. The van der Waals surface area contributed by atoms with Crippen LogP contribution >= 0.6 is 0 Å². The third-order valence-corrected chi connectivity index (χ3v) is 7.49. The Kier molecular flexibility index (Phi) is 11.7. The number of carbonyl (C=O) groups excluding carboxylic acids is 3. The molecular formula is C34H41NO8. The number of furan rings is 1. The van der Waals surface area contributed by atoms with Crippen LogP contribution in [0.2, 0.25) is 0 Å². The molecule has 0 unspecified atom stereocenters. The van der Waals surface area contributed by atoms with Gasteiger partial charge in [0.25, 0.3) is 0 Å². The summed E-state index contributed by atoms with van der Waals surface area (Å²) in [7, 11) is 0. The molecule has 2 amide bonds. The molecule has 0 bridgehead atoms. The van der Waals surface area contributed by atoms with Gasteiger partial charge < -0.3 is 23.7 Å². The number of imide groups is 1. The lowest BCUT2D eigenvalue weighted by molar-refractivity contribution is -0.132. The standard InChI is InChI=1S/C34H41NO8/c1-23(2)29-22-42-34(39)35(29)33(38)28(20-25-10-5-4-6-11-25)32(37)31-21-27(26-12-7-9-24(3)19-26)30(43-31)13-8-15-40-17-18-41-16-14-36/h4-7,9-12,19,21,23,28-29,36H,8,13-18,20,22H2,1-3H3/t28-,29+/m0/s1. The number of rotatable bonds is 16. The van der Waals surface area contributed by atoms with Crippen molar-refractivity contribution < 1.29 is 38.1 Å². The van der Waals surface area contributed by atoms with Crippen LogP contribution in [0.15, 0.2) is 65.1 Å². The summed E-state index contributed by atoms with van der Waals surface area (Å²) in [4.78, 5) is 41.9. The second kappa shape index (κ2) is 15.6. The number of aliphatic hydroxyl groups is 1.